The second-order valence-electron chi connectivity index (χ2n) is 4.47. The molecule has 0 saturated carbocycles. The predicted octanol–water partition coefficient (Wildman–Crippen LogP) is 4.65. The minimum Gasteiger partial charge on any atom is -0.329 e. The Hall–Kier alpha value is -1.57. The fourth-order valence-corrected chi connectivity index (χ4v) is 4.18. The Morgan fingerprint density at radius 3 is 2.86 bits per heavy atom. The number of amides is 1. The molecular formula is C15H12BrN3OS2. The van der Waals surface area contributed by atoms with Gasteiger partial charge >= 0.3 is 0 Å². The Bertz CT molecular complexity index is 812. The molecule has 3 aromatic rings. The van der Waals surface area contributed by atoms with Crippen LogP contribution in [0, 0.1) is 0 Å². The van der Waals surface area contributed by atoms with Gasteiger partial charge in [0.05, 0.1) is 5.69 Å². The van der Waals surface area contributed by atoms with Crippen LogP contribution in [0.25, 0.3) is 0 Å². The molecule has 0 aliphatic rings. The zero-order valence-electron chi connectivity index (χ0n) is 11.6. The molecule has 2 aromatic heterocycles. The van der Waals surface area contributed by atoms with Crippen LogP contribution < -0.4 is 5.32 Å². The molecule has 0 spiro atoms. The minimum absolute atomic E-state index is 0.116. The first-order valence-electron chi connectivity index (χ1n) is 6.43. The molecule has 0 aliphatic carbocycles. The van der Waals surface area contributed by atoms with Gasteiger partial charge in [0.15, 0.2) is 5.16 Å². The molecule has 2 heterocycles. The summed E-state index contributed by atoms with van der Waals surface area (Å²) in [5.74, 6) is -0.116. The number of imidazole rings is 1. The van der Waals surface area contributed by atoms with E-state index < -0.39 is 0 Å². The summed E-state index contributed by atoms with van der Waals surface area (Å²) in [7, 11) is 1.94. The van der Waals surface area contributed by atoms with Gasteiger partial charge in [-0.3, -0.25) is 4.79 Å². The monoisotopic (exact) mass is 393 g/mol. The maximum Gasteiger partial charge on any atom is 0.266 e. The third-order valence-electron chi connectivity index (χ3n) is 2.94. The molecule has 22 heavy (non-hydrogen) atoms. The van der Waals surface area contributed by atoms with Crippen LogP contribution >= 0.6 is 39.0 Å². The number of aromatic nitrogens is 2. The highest BCUT2D eigenvalue weighted by Gasteiger charge is 2.14. The normalized spacial score (nSPS) is 10.6. The second-order valence-corrected chi connectivity index (χ2v) is 7.25. The summed E-state index contributed by atoms with van der Waals surface area (Å²) in [6.07, 6.45) is 3.65. The molecular weight excluding hydrogens is 382 g/mol. The smallest absolute Gasteiger partial charge is 0.266 e. The van der Waals surface area contributed by atoms with Crippen LogP contribution in [0.15, 0.2) is 62.6 Å². The molecule has 112 valence electrons. The summed E-state index contributed by atoms with van der Waals surface area (Å²) in [4.78, 5) is 18.3. The van der Waals surface area contributed by atoms with Gasteiger partial charge in [0.1, 0.15) is 4.88 Å². The second kappa shape index (κ2) is 6.68. The summed E-state index contributed by atoms with van der Waals surface area (Å²) < 4.78 is 2.75. The lowest BCUT2D eigenvalue weighted by Gasteiger charge is -2.10. The number of nitrogens with one attached hydrogen (secondary N) is 1. The fourth-order valence-electron chi connectivity index (χ4n) is 1.84. The summed E-state index contributed by atoms with van der Waals surface area (Å²) >= 11 is 6.32. The van der Waals surface area contributed by atoms with Gasteiger partial charge in [-0.05, 0) is 51.3 Å². The van der Waals surface area contributed by atoms with E-state index in [4.69, 9.17) is 0 Å². The first-order valence-corrected chi connectivity index (χ1v) is 8.92. The van der Waals surface area contributed by atoms with E-state index in [0.29, 0.717) is 4.88 Å². The maximum atomic E-state index is 12.4. The van der Waals surface area contributed by atoms with Gasteiger partial charge in [-0.25, -0.2) is 4.98 Å². The van der Waals surface area contributed by atoms with Crippen molar-refractivity contribution in [1.29, 1.82) is 0 Å². The zero-order valence-corrected chi connectivity index (χ0v) is 14.8. The quantitative estimate of drug-likeness (QED) is 0.701. The van der Waals surface area contributed by atoms with E-state index in [9.17, 15) is 4.79 Å². The Morgan fingerprint density at radius 2 is 2.18 bits per heavy atom. The lowest BCUT2D eigenvalue weighted by Crippen LogP contribution is -2.11. The first kappa shape index (κ1) is 15.3. The van der Waals surface area contributed by atoms with Crippen molar-refractivity contribution in [3.05, 3.63) is 57.5 Å². The number of carbonyl (C=O) groups is 1. The van der Waals surface area contributed by atoms with Gasteiger partial charge in [0.25, 0.3) is 5.91 Å². The number of para-hydroxylation sites is 1. The number of hydrogen-bond donors (Lipinski definition) is 1. The highest BCUT2D eigenvalue weighted by atomic mass is 79.9. The molecule has 0 bridgehead atoms. The molecule has 1 N–H and O–H groups in total. The zero-order chi connectivity index (χ0) is 15.5. The number of benzene rings is 1. The van der Waals surface area contributed by atoms with Crippen molar-refractivity contribution in [3.8, 4) is 0 Å². The van der Waals surface area contributed by atoms with Gasteiger partial charge in [-0.1, -0.05) is 12.1 Å². The highest BCUT2D eigenvalue weighted by molar-refractivity contribution is 9.10. The van der Waals surface area contributed by atoms with Gasteiger partial charge in [-0.15, -0.1) is 11.3 Å². The standard InChI is InChI=1S/C15H12BrN3OS2/c1-19-8-7-17-15(19)22-12-5-3-2-4-11(12)18-14(20)13-10(16)6-9-21-13/h2-9H,1H3,(H,18,20). The molecule has 0 unspecified atom stereocenters. The van der Waals surface area contributed by atoms with Gasteiger partial charge < -0.3 is 9.88 Å². The molecule has 1 aromatic carbocycles. The van der Waals surface area contributed by atoms with E-state index in [0.717, 1.165) is 20.2 Å². The Kier molecular flexibility index (Phi) is 4.66. The molecule has 0 saturated heterocycles. The topological polar surface area (TPSA) is 46.9 Å². The van der Waals surface area contributed by atoms with Crippen molar-refractivity contribution < 1.29 is 4.79 Å². The van der Waals surface area contributed by atoms with Gasteiger partial charge in [0.2, 0.25) is 0 Å². The Labute approximate surface area is 144 Å². The number of aryl methyl sites for hydroxylation is 1. The van der Waals surface area contributed by atoms with E-state index in [1.165, 1.54) is 23.1 Å². The van der Waals surface area contributed by atoms with Crippen molar-refractivity contribution in [3.63, 3.8) is 0 Å². The number of nitrogens with zero attached hydrogens (tertiary/aromatic N) is 2. The molecule has 0 radical (unpaired) electrons. The number of thiophene rings is 1. The molecule has 1 amide bonds. The highest BCUT2D eigenvalue weighted by Crippen LogP contribution is 2.33. The number of hydrogen-bond acceptors (Lipinski definition) is 4. The van der Waals surface area contributed by atoms with Crippen LogP contribution in [0.3, 0.4) is 0 Å². The number of carbonyl (C=O) groups excluding carboxylic acids is 1. The van der Waals surface area contributed by atoms with E-state index in [2.05, 4.69) is 26.2 Å². The lowest BCUT2D eigenvalue weighted by molar-refractivity contribution is 0.102. The third kappa shape index (κ3) is 3.26. The number of anilines is 1. The molecule has 0 atom stereocenters. The Morgan fingerprint density at radius 1 is 1.36 bits per heavy atom. The van der Waals surface area contributed by atoms with Crippen LogP contribution in [-0.2, 0) is 7.05 Å². The van der Waals surface area contributed by atoms with Crippen molar-refractivity contribution in [2.24, 2.45) is 7.05 Å². The van der Waals surface area contributed by atoms with Crippen LogP contribution in [0.1, 0.15) is 9.67 Å². The summed E-state index contributed by atoms with van der Waals surface area (Å²) in [6, 6.07) is 9.58. The summed E-state index contributed by atoms with van der Waals surface area (Å²) in [6.45, 7) is 0. The molecule has 7 heteroatoms. The average molecular weight is 394 g/mol. The molecule has 3 rings (SSSR count). The van der Waals surface area contributed by atoms with Crippen molar-refractivity contribution in [2.45, 2.75) is 10.1 Å². The van der Waals surface area contributed by atoms with Crippen LogP contribution in [0.4, 0.5) is 5.69 Å². The molecule has 4 nitrogen and oxygen atoms in total. The van der Waals surface area contributed by atoms with Crippen molar-refractivity contribution in [2.75, 3.05) is 5.32 Å². The fraction of sp³-hybridized carbons (Fsp3) is 0.0667. The summed E-state index contributed by atoms with van der Waals surface area (Å²) in [5.41, 5.74) is 0.779. The van der Waals surface area contributed by atoms with Crippen molar-refractivity contribution in [1.82, 2.24) is 9.55 Å². The van der Waals surface area contributed by atoms with E-state index >= 15 is 0 Å². The predicted molar refractivity (Wildman–Crippen MR) is 93.7 cm³/mol. The minimum atomic E-state index is -0.116. The largest absolute Gasteiger partial charge is 0.329 e. The SMILES string of the molecule is Cn1ccnc1Sc1ccccc1NC(=O)c1sccc1Br. The average Bonchev–Trinajstić information content (AvgIpc) is 3.10. The third-order valence-corrected chi connectivity index (χ3v) is 5.93. The van der Waals surface area contributed by atoms with E-state index in [-0.39, 0.29) is 5.91 Å². The maximum absolute atomic E-state index is 12.4. The molecule has 0 aliphatic heterocycles. The van der Waals surface area contributed by atoms with E-state index in [1.807, 2.05) is 53.5 Å². The number of rotatable bonds is 4. The summed E-state index contributed by atoms with van der Waals surface area (Å²) in [5, 5.41) is 5.73. The van der Waals surface area contributed by atoms with Crippen LogP contribution in [0.5, 0.6) is 0 Å². The van der Waals surface area contributed by atoms with E-state index in [1.54, 1.807) is 6.20 Å². The number of halogens is 1. The molecule has 0 fully saturated rings. The lowest BCUT2D eigenvalue weighted by atomic mass is 10.3. The Balaban J connectivity index is 1.84. The van der Waals surface area contributed by atoms with Crippen LogP contribution in [0.2, 0.25) is 0 Å². The van der Waals surface area contributed by atoms with Crippen molar-refractivity contribution >= 4 is 50.6 Å². The first-order chi connectivity index (χ1) is 10.6. The van der Waals surface area contributed by atoms with Gasteiger partial charge in [0, 0.05) is 28.8 Å². The van der Waals surface area contributed by atoms with Crippen LogP contribution in [-0.4, -0.2) is 15.5 Å². The van der Waals surface area contributed by atoms with Gasteiger partial charge in [-0.2, -0.15) is 0 Å².